The molecule has 0 spiro atoms. The Morgan fingerprint density at radius 2 is 2.12 bits per heavy atom. The van der Waals surface area contributed by atoms with Gasteiger partial charge in [0.2, 0.25) is 18.6 Å². The van der Waals surface area contributed by atoms with E-state index in [9.17, 15) is 9.59 Å². The van der Waals surface area contributed by atoms with Crippen molar-refractivity contribution in [1.29, 1.82) is 0 Å². The first kappa shape index (κ1) is 17.6. The molecule has 1 aliphatic heterocycles. The summed E-state index contributed by atoms with van der Waals surface area (Å²) in [5.41, 5.74) is 0.0802. The molecule has 9 heteroatoms. The molecule has 0 bridgehead atoms. The summed E-state index contributed by atoms with van der Waals surface area (Å²) in [4.78, 5) is 27.9. The number of hydrogen-bond acceptors (Lipinski definition) is 7. The van der Waals surface area contributed by atoms with Crippen molar-refractivity contribution in [3.63, 3.8) is 0 Å². The van der Waals surface area contributed by atoms with Crippen molar-refractivity contribution in [2.75, 3.05) is 13.8 Å². The summed E-state index contributed by atoms with van der Waals surface area (Å²) < 4.78 is 21.3. The monoisotopic (exact) mass is 361 g/mol. The fourth-order valence-corrected chi connectivity index (χ4v) is 2.35. The minimum Gasteiger partial charge on any atom is -0.484 e. The maximum atomic E-state index is 12.2. The van der Waals surface area contributed by atoms with E-state index < -0.39 is 11.9 Å². The van der Waals surface area contributed by atoms with E-state index in [0.29, 0.717) is 23.7 Å². The summed E-state index contributed by atoms with van der Waals surface area (Å²) in [5.74, 6) is 1.31. The number of nitrogens with one attached hydrogen (secondary N) is 2. The molecule has 138 valence electrons. The van der Waals surface area contributed by atoms with Crippen molar-refractivity contribution in [3.05, 3.63) is 36.0 Å². The summed E-state index contributed by atoms with van der Waals surface area (Å²) in [6.45, 7) is 2.03. The van der Waals surface area contributed by atoms with Gasteiger partial charge in [-0.25, -0.2) is 4.98 Å². The number of amides is 2. The first-order valence-electron chi connectivity index (χ1n) is 8.10. The SMILES string of the molecule is CC[C@H](NC(=O)c1coc(COc2ccc3c(c2)OCO3)n1)C(=O)NC. The molecular formula is C17H19N3O6. The highest BCUT2D eigenvalue weighted by Gasteiger charge is 2.21. The second kappa shape index (κ2) is 7.77. The second-order valence-corrected chi connectivity index (χ2v) is 5.48. The number of oxazole rings is 1. The largest absolute Gasteiger partial charge is 0.484 e. The zero-order valence-corrected chi connectivity index (χ0v) is 14.4. The van der Waals surface area contributed by atoms with Gasteiger partial charge in [0, 0.05) is 13.1 Å². The summed E-state index contributed by atoms with van der Waals surface area (Å²) in [6.07, 6.45) is 1.69. The van der Waals surface area contributed by atoms with E-state index in [1.54, 1.807) is 25.1 Å². The lowest BCUT2D eigenvalue weighted by molar-refractivity contribution is -0.122. The van der Waals surface area contributed by atoms with Crippen LogP contribution in [-0.4, -0.2) is 36.7 Å². The Hall–Kier alpha value is -3.23. The van der Waals surface area contributed by atoms with E-state index in [1.165, 1.54) is 13.3 Å². The van der Waals surface area contributed by atoms with Gasteiger partial charge in [0.25, 0.3) is 5.91 Å². The lowest BCUT2D eigenvalue weighted by Crippen LogP contribution is -2.45. The highest BCUT2D eigenvalue weighted by atomic mass is 16.7. The zero-order chi connectivity index (χ0) is 18.5. The van der Waals surface area contributed by atoms with Gasteiger partial charge in [-0.2, -0.15) is 0 Å². The molecule has 3 rings (SSSR count). The lowest BCUT2D eigenvalue weighted by Gasteiger charge is -2.13. The molecule has 0 radical (unpaired) electrons. The highest BCUT2D eigenvalue weighted by Crippen LogP contribution is 2.35. The Morgan fingerprint density at radius 3 is 2.88 bits per heavy atom. The standard InChI is InChI=1S/C17H19N3O6/c1-3-11(16(21)18-2)20-17(22)12-7-24-15(19-12)8-23-10-4-5-13-14(6-10)26-9-25-13/h4-7,11H,3,8-9H2,1-2H3,(H,18,21)(H,20,22)/t11-/m0/s1. The molecule has 2 heterocycles. The van der Waals surface area contributed by atoms with Crippen LogP contribution in [0.5, 0.6) is 17.2 Å². The molecule has 0 aliphatic carbocycles. The fraction of sp³-hybridized carbons (Fsp3) is 0.353. The molecule has 2 N–H and O–H groups in total. The molecule has 0 saturated carbocycles. The van der Waals surface area contributed by atoms with Gasteiger partial charge in [-0.15, -0.1) is 0 Å². The summed E-state index contributed by atoms with van der Waals surface area (Å²) >= 11 is 0. The third-order valence-corrected chi connectivity index (χ3v) is 3.77. The van der Waals surface area contributed by atoms with Crippen molar-refractivity contribution in [2.24, 2.45) is 0 Å². The van der Waals surface area contributed by atoms with Gasteiger partial charge in [-0.05, 0) is 18.6 Å². The highest BCUT2D eigenvalue weighted by molar-refractivity contribution is 5.95. The predicted molar refractivity (Wildman–Crippen MR) is 89.0 cm³/mol. The number of ether oxygens (including phenoxy) is 3. The number of carbonyl (C=O) groups is 2. The van der Waals surface area contributed by atoms with E-state index in [4.69, 9.17) is 18.6 Å². The van der Waals surface area contributed by atoms with Crippen LogP contribution in [0.4, 0.5) is 0 Å². The molecule has 0 saturated heterocycles. The summed E-state index contributed by atoms with van der Waals surface area (Å²) in [7, 11) is 1.51. The maximum absolute atomic E-state index is 12.2. The molecule has 1 aromatic heterocycles. The number of nitrogens with zero attached hydrogens (tertiary/aromatic N) is 1. The van der Waals surface area contributed by atoms with E-state index in [2.05, 4.69) is 15.6 Å². The number of fused-ring (bicyclic) bond motifs is 1. The Kier molecular flexibility index (Phi) is 5.26. The van der Waals surface area contributed by atoms with E-state index >= 15 is 0 Å². The van der Waals surface area contributed by atoms with Crippen molar-refractivity contribution in [3.8, 4) is 17.2 Å². The Morgan fingerprint density at radius 1 is 1.31 bits per heavy atom. The Labute approximate surface area is 149 Å². The third kappa shape index (κ3) is 3.88. The van der Waals surface area contributed by atoms with Crippen LogP contribution in [0.1, 0.15) is 29.7 Å². The van der Waals surface area contributed by atoms with Crippen LogP contribution in [0, 0.1) is 0 Å². The number of carbonyl (C=O) groups excluding carboxylic acids is 2. The predicted octanol–water partition coefficient (Wildman–Crippen LogP) is 1.24. The van der Waals surface area contributed by atoms with E-state index in [0.717, 1.165) is 0 Å². The van der Waals surface area contributed by atoms with Gasteiger partial charge < -0.3 is 29.3 Å². The molecule has 2 amide bonds. The molecule has 0 unspecified atom stereocenters. The minimum absolute atomic E-state index is 0.0412. The number of hydrogen-bond donors (Lipinski definition) is 2. The molecule has 1 aromatic carbocycles. The molecule has 0 fully saturated rings. The summed E-state index contributed by atoms with van der Waals surface area (Å²) in [5, 5.41) is 5.10. The fourth-order valence-electron chi connectivity index (χ4n) is 2.35. The topological polar surface area (TPSA) is 112 Å². The van der Waals surface area contributed by atoms with Crippen LogP contribution in [0.2, 0.25) is 0 Å². The van der Waals surface area contributed by atoms with Gasteiger partial charge in [0.1, 0.15) is 18.1 Å². The van der Waals surface area contributed by atoms with Gasteiger partial charge in [0.05, 0.1) is 0 Å². The zero-order valence-electron chi connectivity index (χ0n) is 14.4. The van der Waals surface area contributed by atoms with Crippen molar-refractivity contribution < 1.29 is 28.2 Å². The molecule has 1 atom stereocenters. The van der Waals surface area contributed by atoms with Crippen LogP contribution in [0.25, 0.3) is 0 Å². The van der Waals surface area contributed by atoms with Crippen molar-refractivity contribution in [1.82, 2.24) is 15.6 Å². The average Bonchev–Trinajstić information content (AvgIpc) is 3.32. The van der Waals surface area contributed by atoms with Gasteiger partial charge in [0.15, 0.2) is 23.8 Å². The molecule has 1 aliphatic rings. The van der Waals surface area contributed by atoms with Crippen molar-refractivity contribution >= 4 is 11.8 Å². The van der Waals surface area contributed by atoms with Crippen molar-refractivity contribution in [2.45, 2.75) is 26.0 Å². The van der Waals surface area contributed by atoms with Crippen LogP contribution < -0.4 is 24.8 Å². The normalized spacial score (nSPS) is 13.2. The van der Waals surface area contributed by atoms with Gasteiger partial charge in [-0.1, -0.05) is 6.92 Å². The first-order chi connectivity index (χ1) is 12.6. The number of aromatic nitrogens is 1. The third-order valence-electron chi connectivity index (χ3n) is 3.77. The van der Waals surface area contributed by atoms with Crippen LogP contribution in [-0.2, 0) is 11.4 Å². The Balaban J connectivity index is 1.57. The second-order valence-electron chi connectivity index (χ2n) is 5.48. The Bertz CT molecular complexity index is 804. The smallest absolute Gasteiger partial charge is 0.273 e. The van der Waals surface area contributed by atoms with E-state index in [-0.39, 0.29) is 30.9 Å². The number of rotatable bonds is 7. The summed E-state index contributed by atoms with van der Waals surface area (Å²) in [6, 6.07) is 4.56. The van der Waals surface area contributed by atoms with Gasteiger partial charge in [-0.3, -0.25) is 9.59 Å². The number of likely N-dealkylation sites (N-methyl/N-ethyl adjacent to an activating group) is 1. The van der Waals surface area contributed by atoms with Crippen LogP contribution >= 0.6 is 0 Å². The number of benzene rings is 1. The maximum Gasteiger partial charge on any atom is 0.273 e. The first-order valence-corrected chi connectivity index (χ1v) is 8.10. The molecule has 2 aromatic rings. The molecule has 9 nitrogen and oxygen atoms in total. The van der Waals surface area contributed by atoms with Gasteiger partial charge >= 0.3 is 0 Å². The quantitative estimate of drug-likeness (QED) is 0.763. The molecule has 26 heavy (non-hydrogen) atoms. The van der Waals surface area contributed by atoms with E-state index in [1.807, 2.05) is 0 Å². The average molecular weight is 361 g/mol. The van der Waals surface area contributed by atoms with Crippen LogP contribution in [0.3, 0.4) is 0 Å². The minimum atomic E-state index is -0.627. The lowest BCUT2D eigenvalue weighted by atomic mass is 10.2. The molecular weight excluding hydrogens is 342 g/mol. The van der Waals surface area contributed by atoms with Crippen LogP contribution in [0.15, 0.2) is 28.9 Å².